The van der Waals surface area contributed by atoms with Crippen LogP contribution in [0.1, 0.15) is 25.5 Å². The summed E-state index contributed by atoms with van der Waals surface area (Å²) in [5.74, 6) is -0.124. The molecule has 0 spiro atoms. The molecule has 0 aromatic heterocycles. The van der Waals surface area contributed by atoms with Crippen LogP contribution >= 0.6 is 23.2 Å². The van der Waals surface area contributed by atoms with Crippen molar-refractivity contribution in [3.05, 3.63) is 33.8 Å². The van der Waals surface area contributed by atoms with Gasteiger partial charge in [-0.2, -0.15) is 0 Å². The lowest BCUT2D eigenvalue weighted by Crippen LogP contribution is -2.50. The molecular formula is C14H18Cl2N2O2. The van der Waals surface area contributed by atoms with Crippen LogP contribution in [-0.2, 0) is 9.53 Å². The van der Waals surface area contributed by atoms with Gasteiger partial charge in [-0.25, -0.2) is 0 Å². The smallest absolute Gasteiger partial charge is 0.230 e. The maximum atomic E-state index is 12.4. The first kappa shape index (κ1) is 15.6. The summed E-state index contributed by atoms with van der Waals surface area (Å²) in [6.45, 7) is 4.43. The van der Waals surface area contributed by atoms with Gasteiger partial charge in [0.1, 0.15) is 0 Å². The molecule has 0 radical (unpaired) electrons. The predicted molar refractivity (Wildman–Crippen MR) is 79.9 cm³/mol. The van der Waals surface area contributed by atoms with Crippen molar-refractivity contribution < 1.29 is 9.53 Å². The minimum absolute atomic E-state index is 0.124. The first-order valence-electron chi connectivity index (χ1n) is 6.44. The molecule has 3 atom stereocenters. The van der Waals surface area contributed by atoms with E-state index in [2.05, 4.69) is 5.32 Å². The Kier molecular flexibility index (Phi) is 4.59. The molecule has 1 aliphatic heterocycles. The summed E-state index contributed by atoms with van der Waals surface area (Å²) < 4.78 is 5.29. The van der Waals surface area contributed by atoms with Crippen molar-refractivity contribution in [3.63, 3.8) is 0 Å². The molecule has 6 heteroatoms. The lowest BCUT2D eigenvalue weighted by atomic mass is 9.84. The van der Waals surface area contributed by atoms with E-state index in [1.165, 1.54) is 0 Å². The van der Waals surface area contributed by atoms with Crippen molar-refractivity contribution in [2.75, 3.05) is 13.2 Å². The molecule has 1 aromatic rings. The molecule has 3 unspecified atom stereocenters. The van der Waals surface area contributed by atoms with Crippen molar-refractivity contribution in [2.45, 2.75) is 25.9 Å². The molecule has 1 saturated heterocycles. The van der Waals surface area contributed by atoms with Crippen molar-refractivity contribution in [3.8, 4) is 0 Å². The van der Waals surface area contributed by atoms with E-state index >= 15 is 0 Å². The summed E-state index contributed by atoms with van der Waals surface area (Å²) in [5, 5.41) is 4.04. The molecule has 0 saturated carbocycles. The summed E-state index contributed by atoms with van der Waals surface area (Å²) in [4.78, 5) is 12.4. The van der Waals surface area contributed by atoms with Gasteiger partial charge in [-0.05, 0) is 31.5 Å². The van der Waals surface area contributed by atoms with Gasteiger partial charge in [-0.15, -0.1) is 0 Å². The highest BCUT2D eigenvalue weighted by atomic mass is 35.5. The minimum Gasteiger partial charge on any atom is -0.379 e. The van der Waals surface area contributed by atoms with Crippen LogP contribution in [0.4, 0.5) is 0 Å². The second-order valence-electron chi connectivity index (χ2n) is 5.40. The first-order valence-corrected chi connectivity index (χ1v) is 7.19. The average molecular weight is 317 g/mol. The summed E-state index contributed by atoms with van der Waals surface area (Å²) in [6.07, 6.45) is 0. The van der Waals surface area contributed by atoms with E-state index in [-0.39, 0.29) is 18.0 Å². The zero-order chi connectivity index (χ0) is 14.9. The summed E-state index contributed by atoms with van der Waals surface area (Å²) >= 11 is 12.0. The Labute approximate surface area is 128 Å². The lowest BCUT2D eigenvalue weighted by molar-refractivity contribution is -0.131. The third-order valence-corrected chi connectivity index (χ3v) is 4.38. The minimum atomic E-state index is -0.701. The molecule has 1 heterocycles. The second kappa shape index (κ2) is 5.90. The number of benzene rings is 1. The second-order valence-corrected chi connectivity index (χ2v) is 6.24. The van der Waals surface area contributed by atoms with Crippen LogP contribution in [0.5, 0.6) is 0 Å². The highest BCUT2D eigenvalue weighted by molar-refractivity contribution is 6.35. The van der Waals surface area contributed by atoms with Gasteiger partial charge in [0.25, 0.3) is 0 Å². The fraction of sp³-hybridized carbons (Fsp3) is 0.500. The van der Waals surface area contributed by atoms with Crippen molar-refractivity contribution in [1.29, 1.82) is 0 Å². The van der Waals surface area contributed by atoms with Gasteiger partial charge in [0.05, 0.1) is 24.7 Å². The zero-order valence-electron chi connectivity index (χ0n) is 11.5. The SMILES string of the molecule is CC(NC(=O)C1(C)COCC1N)c1ccc(Cl)cc1Cl. The third-order valence-electron chi connectivity index (χ3n) is 3.81. The highest BCUT2D eigenvalue weighted by Crippen LogP contribution is 2.30. The van der Waals surface area contributed by atoms with E-state index in [0.717, 1.165) is 5.56 Å². The van der Waals surface area contributed by atoms with Gasteiger partial charge in [0, 0.05) is 16.1 Å². The van der Waals surface area contributed by atoms with E-state index in [1.807, 2.05) is 19.9 Å². The number of ether oxygens (including phenoxy) is 1. The van der Waals surface area contributed by atoms with Crippen LogP contribution in [0.3, 0.4) is 0 Å². The number of hydrogen-bond donors (Lipinski definition) is 2. The molecule has 1 amide bonds. The monoisotopic (exact) mass is 316 g/mol. The number of carbonyl (C=O) groups is 1. The van der Waals surface area contributed by atoms with E-state index in [9.17, 15) is 4.79 Å². The lowest BCUT2D eigenvalue weighted by Gasteiger charge is -2.28. The Bertz CT molecular complexity index is 524. The fourth-order valence-electron chi connectivity index (χ4n) is 2.21. The molecular weight excluding hydrogens is 299 g/mol. The standard InChI is InChI=1S/C14H18Cl2N2O2/c1-8(10-4-3-9(15)5-11(10)16)18-13(19)14(2)7-20-6-12(14)17/h3-5,8,12H,6-7,17H2,1-2H3,(H,18,19). The quantitative estimate of drug-likeness (QED) is 0.900. The molecule has 1 aromatic carbocycles. The maximum Gasteiger partial charge on any atom is 0.230 e. The van der Waals surface area contributed by atoms with Gasteiger partial charge in [0.15, 0.2) is 0 Å². The summed E-state index contributed by atoms with van der Waals surface area (Å²) in [6, 6.07) is 4.70. The molecule has 20 heavy (non-hydrogen) atoms. The van der Waals surface area contributed by atoms with E-state index in [4.69, 9.17) is 33.7 Å². The molecule has 1 fully saturated rings. The van der Waals surface area contributed by atoms with Crippen LogP contribution in [0.25, 0.3) is 0 Å². The normalized spacial score (nSPS) is 27.4. The van der Waals surface area contributed by atoms with Crippen LogP contribution in [-0.4, -0.2) is 25.2 Å². The van der Waals surface area contributed by atoms with Gasteiger partial charge < -0.3 is 15.8 Å². The van der Waals surface area contributed by atoms with Crippen molar-refractivity contribution >= 4 is 29.1 Å². The number of nitrogens with one attached hydrogen (secondary N) is 1. The number of carbonyl (C=O) groups excluding carboxylic acids is 1. The Morgan fingerprint density at radius 2 is 2.25 bits per heavy atom. The first-order chi connectivity index (χ1) is 9.34. The van der Waals surface area contributed by atoms with Gasteiger partial charge >= 0.3 is 0 Å². The van der Waals surface area contributed by atoms with Gasteiger partial charge in [-0.1, -0.05) is 29.3 Å². The number of nitrogens with two attached hydrogens (primary N) is 1. The molecule has 4 nitrogen and oxygen atoms in total. The van der Waals surface area contributed by atoms with E-state index < -0.39 is 5.41 Å². The molecule has 110 valence electrons. The molecule has 2 rings (SSSR count). The fourth-order valence-corrected chi connectivity index (χ4v) is 2.79. The molecule has 0 aliphatic carbocycles. The number of amides is 1. The Balaban J connectivity index is 2.11. The Hall–Kier alpha value is -0.810. The number of hydrogen-bond acceptors (Lipinski definition) is 3. The van der Waals surface area contributed by atoms with Crippen LogP contribution in [0.15, 0.2) is 18.2 Å². The molecule has 1 aliphatic rings. The van der Waals surface area contributed by atoms with E-state index in [0.29, 0.717) is 23.3 Å². The van der Waals surface area contributed by atoms with Crippen LogP contribution in [0.2, 0.25) is 10.0 Å². The molecule has 0 bridgehead atoms. The Morgan fingerprint density at radius 1 is 1.55 bits per heavy atom. The summed E-state index contributed by atoms with van der Waals surface area (Å²) in [7, 11) is 0. The van der Waals surface area contributed by atoms with Crippen LogP contribution in [0, 0.1) is 5.41 Å². The third kappa shape index (κ3) is 2.93. The van der Waals surface area contributed by atoms with Crippen molar-refractivity contribution in [2.24, 2.45) is 11.1 Å². The van der Waals surface area contributed by atoms with Crippen LogP contribution < -0.4 is 11.1 Å². The molecule has 3 N–H and O–H groups in total. The van der Waals surface area contributed by atoms with Gasteiger partial charge in [0.2, 0.25) is 5.91 Å². The average Bonchev–Trinajstić information content (AvgIpc) is 2.70. The zero-order valence-corrected chi connectivity index (χ0v) is 13.0. The van der Waals surface area contributed by atoms with E-state index in [1.54, 1.807) is 12.1 Å². The topological polar surface area (TPSA) is 64.3 Å². The predicted octanol–water partition coefficient (Wildman–Crippen LogP) is 2.53. The number of halogens is 2. The van der Waals surface area contributed by atoms with Crippen molar-refractivity contribution in [1.82, 2.24) is 5.32 Å². The number of rotatable bonds is 3. The Morgan fingerprint density at radius 3 is 2.80 bits per heavy atom. The highest BCUT2D eigenvalue weighted by Gasteiger charge is 2.44. The maximum absolute atomic E-state index is 12.4. The van der Waals surface area contributed by atoms with Gasteiger partial charge in [-0.3, -0.25) is 4.79 Å². The largest absolute Gasteiger partial charge is 0.379 e. The summed E-state index contributed by atoms with van der Waals surface area (Å²) in [5.41, 5.74) is 6.07.